The molecule has 1 saturated carbocycles. The number of carbonyl (C=O) groups excluding carboxylic acids is 1. The lowest BCUT2D eigenvalue weighted by Gasteiger charge is -2.22. The van der Waals surface area contributed by atoms with E-state index in [4.69, 9.17) is 11.6 Å². The highest BCUT2D eigenvalue weighted by molar-refractivity contribution is 6.29. The molecule has 1 aliphatic rings. The predicted octanol–water partition coefficient (Wildman–Crippen LogP) is 2.46. The number of amides is 1. The Morgan fingerprint density at radius 3 is 3.05 bits per heavy atom. The smallest absolute Gasteiger partial charge is 0.251 e. The molecule has 1 amide bonds. The van der Waals surface area contributed by atoms with Gasteiger partial charge >= 0.3 is 0 Å². The molecule has 2 unspecified atom stereocenters. The minimum atomic E-state index is -0.105. The lowest BCUT2D eigenvalue weighted by atomic mass is 10.1. The molecule has 0 spiro atoms. The summed E-state index contributed by atoms with van der Waals surface area (Å²) in [5.41, 5.74) is 0.543. The topological polar surface area (TPSA) is 59.8 Å². The number of pyridine rings is 1. The van der Waals surface area contributed by atoms with E-state index >= 15 is 0 Å². The van der Waals surface area contributed by atoms with Gasteiger partial charge in [-0.1, -0.05) is 11.6 Å². The highest BCUT2D eigenvalue weighted by Gasteiger charge is 2.29. The number of imidazole rings is 1. The first kappa shape index (κ1) is 13.1. The van der Waals surface area contributed by atoms with E-state index in [9.17, 15) is 4.79 Å². The zero-order valence-corrected chi connectivity index (χ0v) is 11.6. The molecule has 3 rings (SSSR count). The van der Waals surface area contributed by atoms with Crippen LogP contribution in [0.3, 0.4) is 0 Å². The van der Waals surface area contributed by atoms with Crippen molar-refractivity contribution in [1.82, 2.24) is 19.9 Å². The monoisotopic (exact) mass is 290 g/mol. The Hall–Kier alpha value is -1.88. The van der Waals surface area contributed by atoms with Crippen molar-refractivity contribution < 1.29 is 4.79 Å². The molecule has 2 heterocycles. The van der Waals surface area contributed by atoms with Crippen LogP contribution >= 0.6 is 11.6 Å². The van der Waals surface area contributed by atoms with Gasteiger partial charge < -0.3 is 9.88 Å². The summed E-state index contributed by atoms with van der Waals surface area (Å²) >= 11 is 5.81. The molecule has 5 nitrogen and oxygen atoms in total. The molecular formula is C14H15ClN4O. The van der Waals surface area contributed by atoms with Gasteiger partial charge in [0.2, 0.25) is 0 Å². The van der Waals surface area contributed by atoms with Crippen molar-refractivity contribution in [3.63, 3.8) is 0 Å². The number of aromatic nitrogens is 3. The van der Waals surface area contributed by atoms with E-state index in [1.54, 1.807) is 30.9 Å². The second-order valence-corrected chi connectivity index (χ2v) is 5.34. The number of hydrogen-bond donors (Lipinski definition) is 1. The molecule has 2 atom stereocenters. The lowest BCUT2D eigenvalue weighted by Crippen LogP contribution is -2.38. The third-order valence-corrected chi connectivity index (χ3v) is 3.90. The van der Waals surface area contributed by atoms with E-state index in [0.29, 0.717) is 10.7 Å². The number of nitrogens with one attached hydrogen (secondary N) is 1. The Kier molecular flexibility index (Phi) is 3.69. The number of halogens is 1. The van der Waals surface area contributed by atoms with Crippen LogP contribution in [0.2, 0.25) is 5.15 Å². The molecule has 2 aromatic heterocycles. The summed E-state index contributed by atoms with van der Waals surface area (Å²) in [6.45, 7) is 0. The summed E-state index contributed by atoms with van der Waals surface area (Å²) in [7, 11) is 0. The number of hydrogen-bond acceptors (Lipinski definition) is 3. The Labute approximate surface area is 122 Å². The summed E-state index contributed by atoms with van der Waals surface area (Å²) in [5, 5.41) is 3.42. The Balaban J connectivity index is 1.72. The summed E-state index contributed by atoms with van der Waals surface area (Å²) < 4.78 is 2.07. The van der Waals surface area contributed by atoms with Gasteiger partial charge in [-0.15, -0.1) is 0 Å². The Morgan fingerprint density at radius 1 is 1.40 bits per heavy atom. The van der Waals surface area contributed by atoms with Gasteiger partial charge in [-0.3, -0.25) is 4.79 Å². The van der Waals surface area contributed by atoms with Crippen LogP contribution in [0, 0.1) is 0 Å². The van der Waals surface area contributed by atoms with Crippen molar-refractivity contribution in [2.45, 2.75) is 31.3 Å². The molecular weight excluding hydrogens is 276 g/mol. The van der Waals surface area contributed by atoms with Gasteiger partial charge in [-0.2, -0.15) is 0 Å². The molecule has 6 heteroatoms. The molecule has 0 radical (unpaired) electrons. The van der Waals surface area contributed by atoms with Gasteiger partial charge in [0, 0.05) is 30.2 Å². The molecule has 1 aliphatic carbocycles. The minimum absolute atomic E-state index is 0.105. The van der Waals surface area contributed by atoms with E-state index in [1.807, 2.05) is 6.20 Å². The molecule has 0 bridgehead atoms. The average Bonchev–Trinajstić information content (AvgIpc) is 3.08. The summed E-state index contributed by atoms with van der Waals surface area (Å²) in [6.07, 6.45) is 10.2. The first-order valence-corrected chi connectivity index (χ1v) is 7.02. The van der Waals surface area contributed by atoms with Crippen LogP contribution in [0.1, 0.15) is 35.7 Å². The van der Waals surface area contributed by atoms with Crippen LogP contribution in [0.5, 0.6) is 0 Å². The van der Waals surface area contributed by atoms with Gasteiger partial charge in [-0.05, 0) is 31.4 Å². The van der Waals surface area contributed by atoms with Crippen molar-refractivity contribution in [3.05, 3.63) is 47.8 Å². The maximum absolute atomic E-state index is 12.2. The van der Waals surface area contributed by atoms with Crippen LogP contribution in [-0.4, -0.2) is 26.5 Å². The summed E-state index contributed by atoms with van der Waals surface area (Å²) in [5.74, 6) is -0.105. The van der Waals surface area contributed by atoms with Crippen molar-refractivity contribution in [3.8, 4) is 0 Å². The normalized spacial score (nSPS) is 21.9. The third kappa shape index (κ3) is 2.67. The fourth-order valence-corrected chi connectivity index (χ4v) is 2.90. The predicted molar refractivity (Wildman–Crippen MR) is 75.6 cm³/mol. The first-order valence-electron chi connectivity index (χ1n) is 6.64. The van der Waals surface area contributed by atoms with Gasteiger partial charge in [0.05, 0.1) is 12.4 Å². The number of rotatable bonds is 3. The van der Waals surface area contributed by atoms with Crippen LogP contribution < -0.4 is 5.32 Å². The van der Waals surface area contributed by atoms with Gasteiger partial charge in [0.25, 0.3) is 5.91 Å². The maximum atomic E-state index is 12.2. The van der Waals surface area contributed by atoms with Gasteiger partial charge in [0.15, 0.2) is 0 Å². The largest absolute Gasteiger partial charge is 0.347 e. The SMILES string of the molecule is O=C(NC1CCCC1n1ccnc1)c1ccnc(Cl)c1. The van der Waals surface area contributed by atoms with Crippen LogP contribution in [0.4, 0.5) is 0 Å². The standard InChI is InChI=1S/C14H15ClN4O/c15-13-8-10(4-5-17-13)14(20)18-11-2-1-3-12(11)19-7-6-16-9-19/h4-9,11-12H,1-3H2,(H,18,20). The summed E-state index contributed by atoms with van der Waals surface area (Å²) in [4.78, 5) is 20.2. The molecule has 0 aliphatic heterocycles. The fourth-order valence-electron chi connectivity index (χ4n) is 2.73. The van der Waals surface area contributed by atoms with E-state index < -0.39 is 0 Å². The van der Waals surface area contributed by atoms with E-state index in [1.165, 1.54) is 0 Å². The van der Waals surface area contributed by atoms with Gasteiger partial charge in [-0.25, -0.2) is 9.97 Å². The van der Waals surface area contributed by atoms with Crippen LogP contribution in [-0.2, 0) is 0 Å². The van der Waals surface area contributed by atoms with E-state index in [2.05, 4.69) is 19.9 Å². The zero-order chi connectivity index (χ0) is 13.9. The van der Waals surface area contributed by atoms with Crippen molar-refractivity contribution in [2.75, 3.05) is 0 Å². The maximum Gasteiger partial charge on any atom is 0.251 e. The molecule has 20 heavy (non-hydrogen) atoms. The lowest BCUT2D eigenvalue weighted by molar-refractivity contribution is 0.0928. The minimum Gasteiger partial charge on any atom is -0.347 e. The van der Waals surface area contributed by atoms with Crippen LogP contribution in [0.15, 0.2) is 37.1 Å². The van der Waals surface area contributed by atoms with E-state index in [0.717, 1.165) is 19.3 Å². The van der Waals surface area contributed by atoms with E-state index in [-0.39, 0.29) is 18.0 Å². The highest BCUT2D eigenvalue weighted by atomic mass is 35.5. The van der Waals surface area contributed by atoms with Crippen molar-refractivity contribution in [2.24, 2.45) is 0 Å². The fraction of sp³-hybridized carbons (Fsp3) is 0.357. The number of nitrogens with zero attached hydrogens (tertiary/aromatic N) is 3. The van der Waals surface area contributed by atoms with Crippen LogP contribution in [0.25, 0.3) is 0 Å². The highest BCUT2D eigenvalue weighted by Crippen LogP contribution is 2.30. The van der Waals surface area contributed by atoms with Crippen molar-refractivity contribution in [1.29, 1.82) is 0 Å². The second kappa shape index (κ2) is 5.63. The molecule has 2 aromatic rings. The molecule has 1 fully saturated rings. The molecule has 0 aromatic carbocycles. The second-order valence-electron chi connectivity index (χ2n) is 4.96. The molecule has 1 N–H and O–H groups in total. The average molecular weight is 291 g/mol. The zero-order valence-electron chi connectivity index (χ0n) is 10.9. The van der Waals surface area contributed by atoms with Gasteiger partial charge in [0.1, 0.15) is 5.15 Å². The molecule has 104 valence electrons. The number of carbonyl (C=O) groups is 1. The Morgan fingerprint density at radius 2 is 2.30 bits per heavy atom. The first-order chi connectivity index (χ1) is 9.74. The summed E-state index contributed by atoms with van der Waals surface area (Å²) in [6, 6.07) is 3.66. The Bertz CT molecular complexity index is 599. The van der Waals surface area contributed by atoms with Crippen molar-refractivity contribution >= 4 is 17.5 Å². The quantitative estimate of drug-likeness (QED) is 0.883. The molecule has 0 saturated heterocycles. The third-order valence-electron chi connectivity index (χ3n) is 3.69.